The zero-order valence-electron chi connectivity index (χ0n) is 12.0. The van der Waals surface area contributed by atoms with Crippen molar-refractivity contribution < 1.29 is 9.53 Å². The third-order valence-electron chi connectivity index (χ3n) is 3.70. The molecule has 5 nitrogen and oxygen atoms in total. The number of cyclic esters (lactones) is 1. The second kappa shape index (κ2) is 5.89. The summed E-state index contributed by atoms with van der Waals surface area (Å²) in [5.41, 5.74) is 1.96. The van der Waals surface area contributed by atoms with Crippen molar-refractivity contribution in [2.75, 3.05) is 18.1 Å². The van der Waals surface area contributed by atoms with Crippen molar-refractivity contribution in [1.82, 2.24) is 10.6 Å². The van der Waals surface area contributed by atoms with Crippen LogP contribution in [0.25, 0.3) is 0 Å². The van der Waals surface area contributed by atoms with Crippen LogP contribution in [0.1, 0.15) is 31.4 Å². The Morgan fingerprint density at radius 3 is 2.95 bits per heavy atom. The molecule has 0 unspecified atom stereocenters. The normalized spacial score (nSPS) is 19.1. The minimum Gasteiger partial charge on any atom is -0.447 e. The molecule has 1 amide bonds. The molecular formula is C15H19N3O2S. The van der Waals surface area contributed by atoms with Gasteiger partial charge in [0.05, 0.1) is 12.6 Å². The van der Waals surface area contributed by atoms with Gasteiger partial charge in [-0.1, -0.05) is 12.1 Å². The molecule has 1 aliphatic heterocycles. The molecule has 1 saturated heterocycles. The van der Waals surface area contributed by atoms with E-state index in [1.54, 1.807) is 4.90 Å². The third kappa shape index (κ3) is 3.44. The van der Waals surface area contributed by atoms with E-state index in [2.05, 4.69) is 17.6 Å². The summed E-state index contributed by atoms with van der Waals surface area (Å²) in [6, 6.07) is 8.53. The number of amides is 1. The smallest absolute Gasteiger partial charge is 0.414 e. The van der Waals surface area contributed by atoms with E-state index in [-0.39, 0.29) is 12.1 Å². The van der Waals surface area contributed by atoms with Gasteiger partial charge in [-0.2, -0.15) is 0 Å². The summed E-state index contributed by atoms with van der Waals surface area (Å²) in [7, 11) is 0. The summed E-state index contributed by atoms with van der Waals surface area (Å²) in [6.45, 7) is 3.11. The maximum Gasteiger partial charge on any atom is 0.414 e. The van der Waals surface area contributed by atoms with Gasteiger partial charge in [0.1, 0.15) is 6.61 Å². The van der Waals surface area contributed by atoms with Crippen molar-refractivity contribution in [1.29, 1.82) is 0 Å². The SMILES string of the molecule is C[C@@H](NC(=S)NC1CC1)c1cccc(N2CCOC2=O)c1. The number of anilines is 1. The van der Waals surface area contributed by atoms with Gasteiger partial charge in [0.15, 0.2) is 5.11 Å². The van der Waals surface area contributed by atoms with Gasteiger partial charge in [0.2, 0.25) is 0 Å². The summed E-state index contributed by atoms with van der Waals surface area (Å²) < 4.78 is 4.98. The Bertz CT molecular complexity index is 560. The zero-order valence-corrected chi connectivity index (χ0v) is 12.8. The largest absolute Gasteiger partial charge is 0.447 e. The van der Waals surface area contributed by atoms with E-state index in [9.17, 15) is 4.79 Å². The lowest BCUT2D eigenvalue weighted by atomic mass is 10.1. The second-order valence-electron chi connectivity index (χ2n) is 5.47. The van der Waals surface area contributed by atoms with Gasteiger partial charge in [-0.05, 0) is 49.7 Å². The van der Waals surface area contributed by atoms with Crippen LogP contribution >= 0.6 is 12.2 Å². The van der Waals surface area contributed by atoms with Crippen molar-refractivity contribution in [2.24, 2.45) is 0 Å². The van der Waals surface area contributed by atoms with Crippen LogP contribution in [0.15, 0.2) is 24.3 Å². The molecule has 1 aromatic rings. The molecule has 112 valence electrons. The highest BCUT2D eigenvalue weighted by Crippen LogP contribution is 2.23. The first-order chi connectivity index (χ1) is 10.1. The molecule has 0 bridgehead atoms. The highest BCUT2D eigenvalue weighted by Gasteiger charge is 2.24. The molecule has 1 atom stereocenters. The Morgan fingerprint density at radius 1 is 1.48 bits per heavy atom. The molecule has 0 aromatic heterocycles. The first-order valence-corrected chi connectivity index (χ1v) is 7.65. The van der Waals surface area contributed by atoms with Crippen molar-refractivity contribution >= 4 is 29.1 Å². The average Bonchev–Trinajstić information content (AvgIpc) is 3.17. The Morgan fingerprint density at radius 2 is 2.29 bits per heavy atom. The third-order valence-corrected chi connectivity index (χ3v) is 3.94. The molecule has 3 rings (SSSR count). The zero-order chi connectivity index (χ0) is 14.8. The summed E-state index contributed by atoms with van der Waals surface area (Å²) in [5.74, 6) is 0. The lowest BCUT2D eigenvalue weighted by Gasteiger charge is -2.19. The fourth-order valence-corrected chi connectivity index (χ4v) is 2.67. The summed E-state index contributed by atoms with van der Waals surface area (Å²) >= 11 is 5.30. The highest BCUT2D eigenvalue weighted by molar-refractivity contribution is 7.80. The average molecular weight is 305 g/mol. The molecular weight excluding hydrogens is 286 g/mol. The van der Waals surface area contributed by atoms with Crippen LogP contribution in [0.4, 0.5) is 10.5 Å². The van der Waals surface area contributed by atoms with Gasteiger partial charge >= 0.3 is 6.09 Å². The van der Waals surface area contributed by atoms with Crippen LogP contribution in [-0.4, -0.2) is 30.4 Å². The monoisotopic (exact) mass is 305 g/mol. The summed E-state index contributed by atoms with van der Waals surface area (Å²) in [6.07, 6.45) is 2.12. The lowest BCUT2D eigenvalue weighted by Crippen LogP contribution is -2.38. The molecule has 21 heavy (non-hydrogen) atoms. The fraction of sp³-hybridized carbons (Fsp3) is 0.467. The number of carbonyl (C=O) groups excluding carboxylic acids is 1. The van der Waals surface area contributed by atoms with E-state index in [0.29, 0.717) is 24.3 Å². The van der Waals surface area contributed by atoms with Gasteiger partial charge in [0.25, 0.3) is 0 Å². The number of nitrogens with zero attached hydrogens (tertiary/aromatic N) is 1. The molecule has 6 heteroatoms. The van der Waals surface area contributed by atoms with Crippen LogP contribution in [0, 0.1) is 0 Å². The summed E-state index contributed by atoms with van der Waals surface area (Å²) in [4.78, 5) is 13.3. The predicted molar refractivity (Wildman–Crippen MR) is 85.4 cm³/mol. The minimum absolute atomic E-state index is 0.0855. The quantitative estimate of drug-likeness (QED) is 0.836. The standard InChI is InChI=1S/C15H19N3O2S/c1-10(16-14(21)17-12-5-6-12)11-3-2-4-13(9-11)18-7-8-20-15(18)19/h2-4,9-10,12H,5-8H2,1H3,(H2,16,17,21)/t10-/m1/s1. The molecule has 2 N–H and O–H groups in total. The fourth-order valence-electron chi connectivity index (χ4n) is 2.32. The van der Waals surface area contributed by atoms with Crippen LogP contribution in [0.2, 0.25) is 0 Å². The topological polar surface area (TPSA) is 53.6 Å². The molecule has 0 spiro atoms. The van der Waals surface area contributed by atoms with E-state index in [4.69, 9.17) is 17.0 Å². The molecule has 2 fully saturated rings. The number of carbonyl (C=O) groups is 1. The van der Waals surface area contributed by atoms with Crippen molar-refractivity contribution in [3.05, 3.63) is 29.8 Å². The molecule has 0 radical (unpaired) electrons. The number of hydrogen-bond acceptors (Lipinski definition) is 3. The van der Waals surface area contributed by atoms with Crippen molar-refractivity contribution in [3.8, 4) is 0 Å². The van der Waals surface area contributed by atoms with Crippen LogP contribution in [0.3, 0.4) is 0 Å². The van der Waals surface area contributed by atoms with E-state index in [0.717, 1.165) is 11.3 Å². The van der Waals surface area contributed by atoms with Crippen molar-refractivity contribution in [2.45, 2.75) is 31.8 Å². The molecule has 1 aromatic carbocycles. The Hall–Kier alpha value is -1.82. The Balaban J connectivity index is 1.66. The van der Waals surface area contributed by atoms with Gasteiger partial charge in [-0.25, -0.2) is 4.79 Å². The Kier molecular flexibility index (Phi) is 3.96. The van der Waals surface area contributed by atoms with Crippen LogP contribution < -0.4 is 15.5 Å². The van der Waals surface area contributed by atoms with Crippen molar-refractivity contribution in [3.63, 3.8) is 0 Å². The maximum absolute atomic E-state index is 11.6. The molecule has 1 heterocycles. The number of benzene rings is 1. The minimum atomic E-state index is -0.279. The van der Waals surface area contributed by atoms with Gasteiger partial charge < -0.3 is 15.4 Å². The number of hydrogen-bond donors (Lipinski definition) is 2. The van der Waals surface area contributed by atoms with Gasteiger partial charge in [-0.15, -0.1) is 0 Å². The highest BCUT2D eigenvalue weighted by atomic mass is 32.1. The number of nitrogens with one attached hydrogen (secondary N) is 2. The predicted octanol–water partition coefficient (Wildman–Crippen LogP) is 2.33. The van der Waals surface area contributed by atoms with Gasteiger partial charge in [0, 0.05) is 11.7 Å². The van der Waals surface area contributed by atoms with E-state index in [1.165, 1.54) is 12.8 Å². The van der Waals surface area contributed by atoms with E-state index in [1.807, 2.05) is 24.3 Å². The Labute approximate surface area is 129 Å². The summed E-state index contributed by atoms with van der Waals surface area (Å²) in [5, 5.41) is 7.24. The molecule has 1 aliphatic carbocycles. The first kappa shape index (κ1) is 14.1. The lowest BCUT2D eigenvalue weighted by molar-refractivity contribution is 0.181. The molecule has 1 saturated carbocycles. The van der Waals surface area contributed by atoms with Crippen LogP contribution in [0.5, 0.6) is 0 Å². The number of thiocarbonyl (C=S) groups is 1. The number of ether oxygens (including phenoxy) is 1. The second-order valence-corrected chi connectivity index (χ2v) is 5.88. The molecule has 2 aliphatic rings. The van der Waals surface area contributed by atoms with E-state index >= 15 is 0 Å². The maximum atomic E-state index is 11.6. The van der Waals surface area contributed by atoms with Crippen LogP contribution in [-0.2, 0) is 4.74 Å². The first-order valence-electron chi connectivity index (χ1n) is 7.25. The van der Waals surface area contributed by atoms with Gasteiger partial charge in [-0.3, -0.25) is 4.90 Å². The van der Waals surface area contributed by atoms with E-state index < -0.39 is 0 Å². The number of rotatable bonds is 4.